The maximum absolute atomic E-state index is 8.86. The molecule has 0 bridgehead atoms. The van der Waals surface area contributed by atoms with Crippen LogP contribution in [0.2, 0.25) is 0 Å². The third-order valence-corrected chi connectivity index (χ3v) is 3.96. The Hall–Kier alpha value is -1.56. The summed E-state index contributed by atoms with van der Waals surface area (Å²) in [6.07, 6.45) is 6.71. The molecule has 0 saturated heterocycles. The molecule has 1 saturated carbocycles. The van der Waals surface area contributed by atoms with Gasteiger partial charge >= 0.3 is 0 Å². The quantitative estimate of drug-likeness (QED) is 0.882. The zero-order chi connectivity index (χ0) is 13.0. The molecular formula is C15H21N3. The van der Waals surface area contributed by atoms with Crippen molar-refractivity contribution in [2.45, 2.75) is 45.6 Å². The van der Waals surface area contributed by atoms with Crippen molar-refractivity contribution in [2.75, 3.05) is 5.32 Å². The summed E-state index contributed by atoms with van der Waals surface area (Å²) in [4.78, 5) is 4.27. The van der Waals surface area contributed by atoms with Crippen LogP contribution in [0, 0.1) is 23.2 Å². The lowest BCUT2D eigenvalue weighted by Crippen LogP contribution is -2.28. The van der Waals surface area contributed by atoms with Crippen molar-refractivity contribution < 1.29 is 0 Å². The van der Waals surface area contributed by atoms with Crippen LogP contribution in [-0.4, -0.2) is 11.0 Å². The first-order chi connectivity index (χ1) is 8.69. The molecule has 1 aromatic heterocycles. The summed E-state index contributed by atoms with van der Waals surface area (Å²) < 4.78 is 0. The van der Waals surface area contributed by atoms with E-state index in [1.54, 1.807) is 12.3 Å². The molecule has 2 rings (SSSR count). The molecule has 0 atom stereocenters. The number of anilines is 1. The molecule has 0 radical (unpaired) electrons. The molecule has 1 aromatic rings. The van der Waals surface area contributed by atoms with Gasteiger partial charge < -0.3 is 5.32 Å². The van der Waals surface area contributed by atoms with E-state index in [-0.39, 0.29) is 0 Å². The van der Waals surface area contributed by atoms with E-state index >= 15 is 0 Å². The summed E-state index contributed by atoms with van der Waals surface area (Å²) in [6, 6.07) is 6.23. The first kappa shape index (κ1) is 12.9. The van der Waals surface area contributed by atoms with E-state index in [1.165, 1.54) is 25.7 Å². The number of pyridine rings is 1. The maximum Gasteiger partial charge on any atom is 0.127 e. The number of hydrogen-bond acceptors (Lipinski definition) is 3. The highest BCUT2D eigenvalue weighted by atomic mass is 15.0. The van der Waals surface area contributed by atoms with E-state index in [9.17, 15) is 0 Å². The van der Waals surface area contributed by atoms with Gasteiger partial charge in [-0.1, -0.05) is 13.8 Å². The lowest BCUT2D eigenvalue weighted by Gasteiger charge is -2.31. The Kier molecular flexibility index (Phi) is 4.19. The Morgan fingerprint density at radius 2 is 2.06 bits per heavy atom. The van der Waals surface area contributed by atoms with E-state index in [4.69, 9.17) is 5.26 Å². The fourth-order valence-electron chi connectivity index (χ4n) is 2.72. The molecule has 1 fully saturated rings. The molecule has 3 heteroatoms. The first-order valence-electron chi connectivity index (χ1n) is 6.81. The lowest BCUT2D eigenvalue weighted by molar-refractivity contribution is 0.266. The SMILES string of the molecule is CC(C)C1CCC(Nc2cc(C#N)ccn2)CC1. The molecule has 1 aliphatic carbocycles. The van der Waals surface area contributed by atoms with Crippen LogP contribution < -0.4 is 5.32 Å². The lowest BCUT2D eigenvalue weighted by atomic mass is 9.80. The topological polar surface area (TPSA) is 48.7 Å². The monoisotopic (exact) mass is 243 g/mol. The Bertz CT molecular complexity index is 426. The number of rotatable bonds is 3. The third kappa shape index (κ3) is 3.22. The van der Waals surface area contributed by atoms with Gasteiger partial charge in [0.1, 0.15) is 5.82 Å². The van der Waals surface area contributed by atoms with Crippen molar-refractivity contribution in [2.24, 2.45) is 11.8 Å². The van der Waals surface area contributed by atoms with Gasteiger partial charge in [0.15, 0.2) is 0 Å². The number of nitriles is 1. The minimum absolute atomic E-state index is 0.515. The summed E-state index contributed by atoms with van der Waals surface area (Å²) in [5, 5.41) is 12.3. The maximum atomic E-state index is 8.86. The van der Waals surface area contributed by atoms with Gasteiger partial charge in [0.05, 0.1) is 11.6 Å². The van der Waals surface area contributed by atoms with Gasteiger partial charge in [-0.3, -0.25) is 0 Å². The molecule has 0 amide bonds. The minimum Gasteiger partial charge on any atom is -0.367 e. The number of hydrogen-bond donors (Lipinski definition) is 1. The van der Waals surface area contributed by atoms with Crippen LogP contribution in [0.1, 0.15) is 45.1 Å². The molecule has 1 aliphatic rings. The molecule has 0 unspecified atom stereocenters. The van der Waals surface area contributed by atoms with E-state index < -0.39 is 0 Å². The largest absolute Gasteiger partial charge is 0.367 e. The Morgan fingerprint density at radius 3 is 2.67 bits per heavy atom. The first-order valence-corrected chi connectivity index (χ1v) is 6.81. The van der Waals surface area contributed by atoms with Crippen LogP contribution in [0.15, 0.2) is 18.3 Å². The van der Waals surface area contributed by atoms with Gasteiger partial charge in [0.2, 0.25) is 0 Å². The number of nitrogens with zero attached hydrogens (tertiary/aromatic N) is 2. The number of aromatic nitrogens is 1. The van der Waals surface area contributed by atoms with Crippen molar-refractivity contribution in [1.82, 2.24) is 4.98 Å². The standard InChI is InChI=1S/C15H21N3/c1-11(2)13-3-5-14(6-4-13)18-15-9-12(10-16)7-8-17-15/h7-9,11,13-14H,3-6H2,1-2H3,(H,17,18). The molecule has 1 heterocycles. The van der Waals surface area contributed by atoms with Crippen molar-refractivity contribution in [1.29, 1.82) is 5.26 Å². The molecule has 1 N–H and O–H groups in total. The molecule has 0 spiro atoms. The highest BCUT2D eigenvalue weighted by Gasteiger charge is 2.23. The predicted molar refractivity (Wildman–Crippen MR) is 73.2 cm³/mol. The second-order valence-corrected chi connectivity index (χ2v) is 5.54. The minimum atomic E-state index is 0.515. The second kappa shape index (κ2) is 5.86. The van der Waals surface area contributed by atoms with Crippen molar-refractivity contribution >= 4 is 5.82 Å². The van der Waals surface area contributed by atoms with Gasteiger partial charge in [-0.2, -0.15) is 5.26 Å². The van der Waals surface area contributed by atoms with Crippen LogP contribution in [-0.2, 0) is 0 Å². The van der Waals surface area contributed by atoms with Gasteiger partial charge in [-0.15, -0.1) is 0 Å². The van der Waals surface area contributed by atoms with E-state index in [1.807, 2.05) is 6.07 Å². The zero-order valence-corrected chi connectivity index (χ0v) is 11.2. The Morgan fingerprint density at radius 1 is 1.33 bits per heavy atom. The zero-order valence-electron chi connectivity index (χ0n) is 11.2. The van der Waals surface area contributed by atoms with E-state index in [2.05, 4.69) is 30.2 Å². The average Bonchev–Trinajstić information content (AvgIpc) is 2.39. The van der Waals surface area contributed by atoms with Gasteiger partial charge in [-0.05, 0) is 49.7 Å². The molecule has 18 heavy (non-hydrogen) atoms. The van der Waals surface area contributed by atoms with Crippen molar-refractivity contribution in [3.8, 4) is 6.07 Å². The van der Waals surface area contributed by atoms with Crippen LogP contribution in [0.5, 0.6) is 0 Å². The summed E-state index contributed by atoms with van der Waals surface area (Å²) in [7, 11) is 0. The van der Waals surface area contributed by atoms with Gasteiger partial charge in [-0.25, -0.2) is 4.98 Å². The summed E-state index contributed by atoms with van der Waals surface area (Å²) in [5.74, 6) is 2.51. The van der Waals surface area contributed by atoms with Crippen LogP contribution in [0.25, 0.3) is 0 Å². The highest BCUT2D eigenvalue weighted by molar-refractivity contribution is 5.43. The molecule has 0 aliphatic heterocycles. The summed E-state index contributed by atoms with van der Waals surface area (Å²) in [6.45, 7) is 4.63. The van der Waals surface area contributed by atoms with E-state index in [0.29, 0.717) is 11.6 Å². The van der Waals surface area contributed by atoms with Crippen LogP contribution in [0.3, 0.4) is 0 Å². The fourth-order valence-corrected chi connectivity index (χ4v) is 2.72. The fraction of sp³-hybridized carbons (Fsp3) is 0.600. The van der Waals surface area contributed by atoms with Crippen molar-refractivity contribution in [3.63, 3.8) is 0 Å². The summed E-state index contributed by atoms with van der Waals surface area (Å²) in [5.41, 5.74) is 0.670. The highest BCUT2D eigenvalue weighted by Crippen LogP contribution is 2.31. The van der Waals surface area contributed by atoms with Gasteiger partial charge in [0, 0.05) is 12.2 Å². The third-order valence-electron chi connectivity index (χ3n) is 3.96. The molecule has 0 aromatic carbocycles. The average molecular weight is 243 g/mol. The normalized spacial score (nSPS) is 23.7. The Balaban J connectivity index is 1.90. The molecule has 3 nitrogen and oxygen atoms in total. The summed E-state index contributed by atoms with van der Waals surface area (Å²) >= 11 is 0. The van der Waals surface area contributed by atoms with Crippen LogP contribution >= 0.6 is 0 Å². The van der Waals surface area contributed by atoms with Gasteiger partial charge in [0.25, 0.3) is 0 Å². The van der Waals surface area contributed by atoms with Crippen LogP contribution in [0.4, 0.5) is 5.82 Å². The second-order valence-electron chi connectivity index (χ2n) is 5.54. The van der Waals surface area contributed by atoms with E-state index in [0.717, 1.165) is 17.7 Å². The molecular weight excluding hydrogens is 222 g/mol. The smallest absolute Gasteiger partial charge is 0.127 e. The van der Waals surface area contributed by atoms with Crippen molar-refractivity contribution in [3.05, 3.63) is 23.9 Å². The predicted octanol–water partition coefficient (Wildman–Crippen LogP) is 3.58. The molecule has 96 valence electrons. The Labute approximate surface area is 109 Å². The number of nitrogens with one attached hydrogen (secondary N) is 1.